The Morgan fingerprint density at radius 1 is 1.00 bits per heavy atom. The predicted molar refractivity (Wildman–Crippen MR) is 90.7 cm³/mol. The van der Waals surface area contributed by atoms with Crippen LogP contribution in [0.2, 0.25) is 0 Å². The zero-order valence-electron chi connectivity index (χ0n) is 14.8. The van der Waals surface area contributed by atoms with Crippen molar-refractivity contribution in [3.63, 3.8) is 0 Å². The highest BCUT2D eigenvalue weighted by Crippen LogP contribution is 2.34. The van der Waals surface area contributed by atoms with Gasteiger partial charge in [-0.25, -0.2) is 0 Å². The molecular formula is C19H37NO. The molecule has 21 heavy (non-hydrogen) atoms. The average molecular weight is 296 g/mol. The smallest absolute Gasteiger partial charge is 0.0584 e. The molecule has 0 atom stereocenters. The van der Waals surface area contributed by atoms with E-state index in [0.29, 0.717) is 18.2 Å². The summed E-state index contributed by atoms with van der Waals surface area (Å²) in [5, 5.41) is 0. The summed E-state index contributed by atoms with van der Waals surface area (Å²) in [5.74, 6) is 0.904. The lowest BCUT2D eigenvalue weighted by molar-refractivity contribution is -0.0908. The molecule has 0 unspecified atom stereocenters. The molecule has 2 aliphatic rings. The van der Waals surface area contributed by atoms with Gasteiger partial charge in [0.25, 0.3) is 0 Å². The quantitative estimate of drug-likeness (QED) is 0.583. The summed E-state index contributed by atoms with van der Waals surface area (Å²) < 4.78 is 6.27. The maximum absolute atomic E-state index is 6.27. The molecule has 0 aliphatic heterocycles. The minimum Gasteiger partial charge on any atom is -0.375 e. The van der Waals surface area contributed by atoms with Gasteiger partial charge in [-0.05, 0) is 71.3 Å². The van der Waals surface area contributed by atoms with Gasteiger partial charge in [-0.3, -0.25) is 4.90 Å². The van der Waals surface area contributed by atoms with Crippen LogP contribution in [0, 0.1) is 5.92 Å². The lowest BCUT2D eigenvalue weighted by Crippen LogP contribution is -2.44. The lowest BCUT2D eigenvalue weighted by atomic mass is 9.83. The van der Waals surface area contributed by atoms with Crippen LogP contribution >= 0.6 is 0 Å². The fourth-order valence-corrected chi connectivity index (χ4v) is 4.13. The van der Waals surface area contributed by atoms with E-state index >= 15 is 0 Å². The minimum absolute atomic E-state index is 0.559. The Labute approximate surface area is 132 Å². The number of unbranched alkanes of at least 4 members (excludes halogenated alkanes) is 2. The highest BCUT2D eigenvalue weighted by Gasteiger charge is 2.32. The molecule has 0 aromatic heterocycles. The van der Waals surface area contributed by atoms with Crippen molar-refractivity contribution in [2.45, 2.75) is 110 Å². The number of rotatable bonds is 8. The van der Waals surface area contributed by atoms with Gasteiger partial charge in [-0.2, -0.15) is 0 Å². The summed E-state index contributed by atoms with van der Waals surface area (Å²) in [4.78, 5) is 2.76. The number of nitrogens with zero attached hydrogens (tertiary/aromatic N) is 1. The first-order chi connectivity index (χ1) is 10.1. The second-order valence-electron chi connectivity index (χ2n) is 7.80. The zero-order chi connectivity index (χ0) is 15.2. The van der Waals surface area contributed by atoms with Gasteiger partial charge in [0.05, 0.1) is 12.2 Å². The molecule has 124 valence electrons. The summed E-state index contributed by atoms with van der Waals surface area (Å²) >= 11 is 0. The third-order valence-electron chi connectivity index (χ3n) is 5.51. The van der Waals surface area contributed by atoms with Crippen molar-refractivity contribution in [2.24, 2.45) is 5.92 Å². The van der Waals surface area contributed by atoms with Crippen molar-refractivity contribution in [3.8, 4) is 0 Å². The molecule has 0 radical (unpaired) electrons. The Bertz CT molecular complexity index is 277. The van der Waals surface area contributed by atoms with E-state index in [0.717, 1.165) is 12.0 Å². The first-order valence-corrected chi connectivity index (χ1v) is 9.51. The summed E-state index contributed by atoms with van der Waals surface area (Å²) in [6, 6.07) is 1.50. The fraction of sp³-hybridized carbons (Fsp3) is 1.00. The van der Waals surface area contributed by atoms with Gasteiger partial charge < -0.3 is 4.74 Å². The fourth-order valence-electron chi connectivity index (χ4n) is 4.13. The molecule has 2 nitrogen and oxygen atoms in total. The van der Waals surface area contributed by atoms with Crippen molar-refractivity contribution in [3.05, 3.63) is 0 Å². The van der Waals surface area contributed by atoms with Crippen molar-refractivity contribution in [2.75, 3.05) is 6.54 Å². The molecule has 2 aliphatic carbocycles. The second kappa shape index (κ2) is 8.53. The molecule has 0 bridgehead atoms. The van der Waals surface area contributed by atoms with Gasteiger partial charge >= 0.3 is 0 Å². The molecule has 0 N–H and O–H groups in total. The molecule has 0 amide bonds. The third-order valence-corrected chi connectivity index (χ3v) is 5.51. The van der Waals surface area contributed by atoms with Gasteiger partial charge in [0.2, 0.25) is 0 Å². The Morgan fingerprint density at radius 2 is 1.67 bits per heavy atom. The van der Waals surface area contributed by atoms with Crippen LogP contribution < -0.4 is 0 Å². The number of hydrogen-bond acceptors (Lipinski definition) is 2. The van der Waals surface area contributed by atoms with Crippen LogP contribution in [-0.2, 0) is 4.74 Å². The Balaban J connectivity index is 1.70. The van der Waals surface area contributed by atoms with Gasteiger partial charge in [0, 0.05) is 12.1 Å². The first-order valence-electron chi connectivity index (χ1n) is 9.51. The first kappa shape index (κ1) is 17.3. The van der Waals surface area contributed by atoms with E-state index in [4.69, 9.17) is 4.74 Å². The van der Waals surface area contributed by atoms with Crippen LogP contribution in [0.25, 0.3) is 0 Å². The SMILES string of the molecule is CCCCCN(C(C)C)[C@H]1CC[C@H](O[C@H]2C[C@H](C)C2)CC1. The third kappa shape index (κ3) is 5.25. The maximum atomic E-state index is 6.27. The van der Waals surface area contributed by atoms with Gasteiger partial charge in [0.15, 0.2) is 0 Å². The Kier molecular flexibility index (Phi) is 7.01. The van der Waals surface area contributed by atoms with E-state index in [9.17, 15) is 0 Å². The molecule has 2 saturated carbocycles. The zero-order valence-corrected chi connectivity index (χ0v) is 14.8. The van der Waals surface area contributed by atoms with E-state index in [1.54, 1.807) is 0 Å². The molecule has 0 heterocycles. The maximum Gasteiger partial charge on any atom is 0.0584 e. The van der Waals surface area contributed by atoms with Crippen LogP contribution in [0.15, 0.2) is 0 Å². The molecule has 0 saturated heterocycles. The predicted octanol–water partition coefficient (Wildman–Crippen LogP) is 5.01. The van der Waals surface area contributed by atoms with Crippen LogP contribution in [0.1, 0.15) is 85.5 Å². The molecule has 2 heteroatoms. The Morgan fingerprint density at radius 3 is 2.19 bits per heavy atom. The van der Waals surface area contributed by atoms with E-state index in [2.05, 4.69) is 32.6 Å². The normalized spacial score (nSPS) is 33.4. The van der Waals surface area contributed by atoms with E-state index in [1.165, 1.54) is 64.3 Å². The molecule has 0 spiro atoms. The van der Waals surface area contributed by atoms with Crippen LogP contribution in [0.4, 0.5) is 0 Å². The monoisotopic (exact) mass is 295 g/mol. The van der Waals surface area contributed by atoms with Gasteiger partial charge in [-0.1, -0.05) is 26.7 Å². The topological polar surface area (TPSA) is 12.5 Å². The average Bonchev–Trinajstić information content (AvgIpc) is 2.43. The number of hydrogen-bond donors (Lipinski definition) is 0. The lowest BCUT2D eigenvalue weighted by Gasteiger charge is -2.42. The molecule has 2 fully saturated rings. The standard InChI is InChI=1S/C19H37NO/c1-5-6-7-12-20(15(2)3)17-8-10-18(11-9-17)21-19-13-16(4)14-19/h15-19H,5-14H2,1-4H3/t16-,17-,18-,19-. The van der Waals surface area contributed by atoms with Crippen LogP contribution in [0.5, 0.6) is 0 Å². The molecular weight excluding hydrogens is 258 g/mol. The van der Waals surface area contributed by atoms with Crippen molar-refractivity contribution < 1.29 is 4.74 Å². The molecule has 2 rings (SSSR count). The van der Waals surface area contributed by atoms with Crippen LogP contribution in [0.3, 0.4) is 0 Å². The summed E-state index contributed by atoms with van der Waals surface area (Å²) in [6.45, 7) is 10.7. The summed E-state index contributed by atoms with van der Waals surface area (Å²) in [7, 11) is 0. The molecule has 0 aromatic carbocycles. The van der Waals surface area contributed by atoms with E-state index < -0.39 is 0 Å². The van der Waals surface area contributed by atoms with Gasteiger partial charge in [-0.15, -0.1) is 0 Å². The summed E-state index contributed by atoms with van der Waals surface area (Å²) in [5.41, 5.74) is 0. The van der Waals surface area contributed by atoms with Crippen molar-refractivity contribution in [1.82, 2.24) is 4.90 Å². The second-order valence-corrected chi connectivity index (χ2v) is 7.80. The summed E-state index contributed by atoms with van der Waals surface area (Å²) in [6.07, 6.45) is 13.1. The highest BCUT2D eigenvalue weighted by molar-refractivity contribution is 4.84. The van der Waals surface area contributed by atoms with Crippen molar-refractivity contribution in [1.29, 1.82) is 0 Å². The van der Waals surface area contributed by atoms with Crippen LogP contribution in [-0.4, -0.2) is 35.7 Å². The van der Waals surface area contributed by atoms with E-state index in [1.807, 2.05) is 0 Å². The van der Waals surface area contributed by atoms with Crippen molar-refractivity contribution >= 4 is 0 Å². The number of ether oxygens (including phenoxy) is 1. The van der Waals surface area contributed by atoms with E-state index in [-0.39, 0.29) is 0 Å². The van der Waals surface area contributed by atoms with Gasteiger partial charge in [0.1, 0.15) is 0 Å². The largest absolute Gasteiger partial charge is 0.375 e. The minimum atomic E-state index is 0.559. The highest BCUT2D eigenvalue weighted by atomic mass is 16.5. The molecule has 0 aromatic rings. The Hall–Kier alpha value is -0.0800.